The lowest BCUT2D eigenvalue weighted by Crippen LogP contribution is -1.96. The van der Waals surface area contributed by atoms with Gasteiger partial charge in [-0.2, -0.15) is 0 Å². The lowest BCUT2D eigenvalue weighted by Gasteiger charge is -2.07. The second-order valence-corrected chi connectivity index (χ2v) is 3.48. The molecule has 0 radical (unpaired) electrons. The summed E-state index contributed by atoms with van der Waals surface area (Å²) in [6, 6.07) is 1.41. The van der Waals surface area contributed by atoms with Crippen LogP contribution in [-0.2, 0) is 0 Å². The van der Waals surface area contributed by atoms with E-state index in [1.807, 2.05) is 0 Å². The molecule has 0 aromatic heterocycles. The Labute approximate surface area is 87.8 Å². The predicted molar refractivity (Wildman–Crippen MR) is 51.0 cm³/mol. The van der Waals surface area contributed by atoms with Gasteiger partial charge in [0.1, 0.15) is 0 Å². The van der Waals surface area contributed by atoms with E-state index in [2.05, 4.69) is 15.9 Å². The van der Waals surface area contributed by atoms with Gasteiger partial charge < -0.3 is 4.74 Å². The molecule has 0 unspecified atom stereocenters. The van der Waals surface area contributed by atoms with Crippen LogP contribution in [0.15, 0.2) is 10.5 Å². The Balaban J connectivity index is 3.47. The van der Waals surface area contributed by atoms with Gasteiger partial charge in [-0.3, -0.25) is 4.79 Å². The maximum atomic E-state index is 13.3. The van der Waals surface area contributed by atoms with Crippen LogP contribution < -0.4 is 4.74 Å². The minimum Gasteiger partial charge on any atom is -0.492 e. The van der Waals surface area contributed by atoms with E-state index < -0.39 is 5.82 Å². The van der Waals surface area contributed by atoms with Crippen LogP contribution in [-0.4, -0.2) is 13.4 Å². The first kappa shape index (κ1) is 10.5. The Morgan fingerprint density at radius 3 is 2.77 bits per heavy atom. The molecule has 0 saturated carbocycles. The molecule has 2 nitrogen and oxygen atoms in total. The van der Waals surface area contributed by atoms with Crippen molar-refractivity contribution in [2.45, 2.75) is 0 Å². The Bertz CT molecular complexity index is 354. The van der Waals surface area contributed by atoms with E-state index >= 15 is 0 Å². The first-order valence-electron chi connectivity index (χ1n) is 3.28. The van der Waals surface area contributed by atoms with E-state index in [1.165, 1.54) is 13.2 Å². The summed E-state index contributed by atoms with van der Waals surface area (Å²) >= 11 is 8.66. The Morgan fingerprint density at radius 1 is 1.69 bits per heavy atom. The average molecular weight is 267 g/mol. The summed E-state index contributed by atoms with van der Waals surface area (Å²) in [5.41, 5.74) is -0.193. The van der Waals surface area contributed by atoms with E-state index in [1.54, 1.807) is 0 Å². The highest BCUT2D eigenvalue weighted by atomic mass is 79.9. The van der Waals surface area contributed by atoms with Gasteiger partial charge in [-0.1, -0.05) is 11.6 Å². The SMILES string of the molecule is COc1c(Br)cc(Cl)c(C=O)c1F. The number of aldehydes is 1. The van der Waals surface area contributed by atoms with Crippen molar-refractivity contribution in [2.75, 3.05) is 7.11 Å². The quantitative estimate of drug-likeness (QED) is 0.770. The number of benzene rings is 1. The molecule has 0 aliphatic rings. The number of rotatable bonds is 2. The molecule has 1 aromatic rings. The van der Waals surface area contributed by atoms with E-state index in [9.17, 15) is 9.18 Å². The number of halogens is 3. The lowest BCUT2D eigenvalue weighted by atomic mass is 10.2. The largest absolute Gasteiger partial charge is 0.492 e. The summed E-state index contributed by atoms with van der Waals surface area (Å²) in [5, 5.41) is 0.0557. The number of hydrogen-bond donors (Lipinski definition) is 0. The van der Waals surface area contributed by atoms with Gasteiger partial charge in [0.2, 0.25) is 0 Å². The molecule has 0 bridgehead atoms. The fourth-order valence-electron chi connectivity index (χ4n) is 0.882. The standard InChI is InChI=1S/C8H5BrClFO2/c1-13-8-5(9)2-6(10)4(3-12)7(8)11/h2-3H,1H3. The third-order valence-electron chi connectivity index (χ3n) is 1.49. The van der Waals surface area contributed by atoms with Crippen LogP contribution in [0.4, 0.5) is 4.39 Å². The van der Waals surface area contributed by atoms with Gasteiger partial charge in [0.25, 0.3) is 0 Å². The van der Waals surface area contributed by atoms with E-state index in [4.69, 9.17) is 16.3 Å². The fourth-order valence-corrected chi connectivity index (χ4v) is 1.81. The van der Waals surface area contributed by atoms with Crippen LogP contribution in [0.5, 0.6) is 5.75 Å². The van der Waals surface area contributed by atoms with Crippen molar-refractivity contribution in [1.29, 1.82) is 0 Å². The van der Waals surface area contributed by atoms with Gasteiger partial charge in [-0.05, 0) is 22.0 Å². The van der Waals surface area contributed by atoms with Crippen LogP contribution in [0.25, 0.3) is 0 Å². The molecule has 5 heteroatoms. The van der Waals surface area contributed by atoms with Crippen LogP contribution in [0, 0.1) is 5.82 Å². The molecule has 0 N–H and O–H groups in total. The van der Waals surface area contributed by atoms with Gasteiger partial charge in [0.05, 0.1) is 22.2 Å². The second-order valence-electron chi connectivity index (χ2n) is 2.22. The zero-order valence-corrected chi connectivity index (χ0v) is 8.95. The molecular formula is C8H5BrClFO2. The van der Waals surface area contributed by atoms with Gasteiger partial charge in [-0.25, -0.2) is 4.39 Å². The summed E-state index contributed by atoms with van der Waals surface area (Å²) in [5.74, 6) is -0.775. The highest BCUT2D eigenvalue weighted by Crippen LogP contribution is 2.33. The van der Waals surface area contributed by atoms with Crippen LogP contribution in [0.2, 0.25) is 5.02 Å². The molecule has 0 aliphatic heterocycles. The maximum Gasteiger partial charge on any atom is 0.178 e. The van der Waals surface area contributed by atoms with Gasteiger partial charge in [0.15, 0.2) is 17.9 Å². The number of ether oxygens (including phenoxy) is 1. The molecule has 13 heavy (non-hydrogen) atoms. The molecule has 70 valence electrons. The van der Waals surface area contributed by atoms with E-state index in [-0.39, 0.29) is 16.3 Å². The average Bonchev–Trinajstić information content (AvgIpc) is 2.04. The molecule has 1 aromatic carbocycles. The van der Waals surface area contributed by atoms with Crippen molar-refractivity contribution >= 4 is 33.8 Å². The number of carbonyl (C=O) groups excluding carboxylic acids is 1. The Hall–Kier alpha value is -0.610. The number of methoxy groups -OCH3 is 1. The Morgan fingerprint density at radius 2 is 2.31 bits per heavy atom. The van der Waals surface area contributed by atoms with Crippen LogP contribution in [0.3, 0.4) is 0 Å². The van der Waals surface area contributed by atoms with Crippen LogP contribution >= 0.6 is 27.5 Å². The molecule has 0 atom stereocenters. The molecule has 0 amide bonds. The molecular weight excluding hydrogens is 262 g/mol. The zero-order valence-electron chi connectivity index (χ0n) is 6.61. The first-order chi connectivity index (χ1) is 6.11. The summed E-state index contributed by atoms with van der Waals surface area (Å²) in [6.07, 6.45) is 0.354. The Kier molecular flexibility index (Phi) is 3.27. The molecule has 0 spiro atoms. The minimum atomic E-state index is -0.753. The van der Waals surface area contributed by atoms with E-state index in [0.717, 1.165) is 0 Å². The molecule has 1 rings (SSSR count). The molecule has 0 saturated heterocycles. The van der Waals surface area contributed by atoms with Crippen molar-refractivity contribution in [3.8, 4) is 5.75 Å². The highest BCUT2D eigenvalue weighted by molar-refractivity contribution is 9.10. The fraction of sp³-hybridized carbons (Fsp3) is 0.125. The van der Waals surface area contributed by atoms with Crippen molar-refractivity contribution in [1.82, 2.24) is 0 Å². The van der Waals surface area contributed by atoms with Gasteiger partial charge in [-0.15, -0.1) is 0 Å². The summed E-state index contributed by atoms with van der Waals surface area (Å²) < 4.78 is 18.4. The van der Waals surface area contributed by atoms with Crippen molar-refractivity contribution in [3.05, 3.63) is 26.9 Å². The number of carbonyl (C=O) groups is 1. The molecule has 0 aliphatic carbocycles. The molecule has 0 heterocycles. The normalized spacial score (nSPS) is 9.85. The minimum absolute atomic E-state index is 0.0218. The predicted octanol–water partition coefficient (Wildman–Crippen LogP) is 3.06. The summed E-state index contributed by atoms with van der Waals surface area (Å²) in [7, 11) is 1.31. The smallest absolute Gasteiger partial charge is 0.178 e. The van der Waals surface area contributed by atoms with Gasteiger partial charge in [0, 0.05) is 0 Å². The third-order valence-corrected chi connectivity index (χ3v) is 2.39. The maximum absolute atomic E-state index is 13.3. The van der Waals surface area contributed by atoms with Crippen molar-refractivity contribution in [2.24, 2.45) is 0 Å². The monoisotopic (exact) mass is 266 g/mol. The van der Waals surface area contributed by atoms with Crippen LogP contribution in [0.1, 0.15) is 10.4 Å². The number of hydrogen-bond acceptors (Lipinski definition) is 2. The van der Waals surface area contributed by atoms with Crippen molar-refractivity contribution in [3.63, 3.8) is 0 Å². The highest BCUT2D eigenvalue weighted by Gasteiger charge is 2.15. The lowest BCUT2D eigenvalue weighted by molar-refractivity contribution is 0.111. The third kappa shape index (κ3) is 1.84. The first-order valence-corrected chi connectivity index (χ1v) is 4.45. The van der Waals surface area contributed by atoms with Crippen molar-refractivity contribution < 1.29 is 13.9 Å². The zero-order chi connectivity index (χ0) is 10.0. The summed E-state index contributed by atoms with van der Waals surface area (Å²) in [6.45, 7) is 0. The van der Waals surface area contributed by atoms with Gasteiger partial charge >= 0.3 is 0 Å². The second kappa shape index (κ2) is 4.07. The summed E-state index contributed by atoms with van der Waals surface area (Å²) in [4.78, 5) is 10.4. The topological polar surface area (TPSA) is 26.3 Å². The molecule has 0 fully saturated rings. The van der Waals surface area contributed by atoms with E-state index in [0.29, 0.717) is 10.8 Å².